The molecule has 0 radical (unpaired) electrons. The maximum Gasteiger partial charge on any atom is 0.250 e. The summed E-state index contributed by atoms with van der Waals surface area (Å²) in [4.78, 5) is 23.4. The molecule has 5 heteroatoms. The highest BCUT2D eigenvalue weighted by Gasteiger charge is 2.06. The van der Waals surface area contributed by atoms with Gasteiger partial charge in [-0.3, -0.25) is 9.59 Å². The molecule has 0 spiro atoms. The molecule has 0 fully saturated rings. The van der Waals surface area contributed by atoms with Crippen LogP contribution in [0.1, 0.15) is 5.56 Å². The Labute approximate surface area is 115 Å². The first kappa shape index (κ1) is 13.4. The van der Waals surface area contributed by atoms with E-state index in [2.05, 4.69) is 5.32 Å². The monoisotopic (exact) mass is 276 g/mol. The van der Waals surface area contributed by atoms with Crippen molar-refractivity contribution in [2.45, 2.75) is 13.5 Å². The molecule has 2 rings (SSSR count). The second-order valence-electron chi connectivity index (χ2n) is 4.17. The molecular formula is C14H13ClN2O2. The van der Waals surface area contributed by atoms with Gasteiger partial charge in [0.2, 0.25) is 5.91 Å². The summed E-state index contributed by atoms with van der Waals surface area (Å²) >= 11 is 5.88. The molecule has 0 saturated carbocycles. The van der Waals surface area contributed by atoms with Crippen molar-refractivity contribution in [3.05, 3.63) is 63.5 Å². The molecule has 19 heavy (non-hydrogen) atoms. The fourth-order valence-electron chi connectivity index (χ4n) is 1.66. The first-order valence-electron chi connectivity index (χ1n) is 5.78. The van der Waals surface area contributed by atoms with Crippen LogP contribution in [-0.4, -0.2) is 10.5 Å². The number of nitrogens with zero attached hydrogens (tertiary/aromatic N) is 1. The highest BCUT2D eigenvalue weighted by molar-refractivity contribution is 6.31. The van der Waals surface area contributed by atoms with Gasteiger partial charge in [-0.15, -0.1) is 0 Å². The van der Waals surface area contributed by atoms with Crippen LogP contribution in [0.5, 0.6) is 0 Å². The number of aromatic nitrogens is 1. The maximum atomic E-state index is 11.9. The van der Waals surface area contributed by atoms with Crippen molar-refractivity contribution in [3.8, 4) is 0 Å². The van der Waals surface area contributed by atoms with E-state index in [1.807, 2.05) is 13.0 Å². The number of anilines is 1. The molecule has 1 aromatic carbocycles. The van der Waals surface area contributed by atoms with Gasteiger partial charge in [0, 0.05) is 23.0 Å². The number of benzene rings is 1. The fourth-order valence-corrected chi connectivity index (χ4v) is 1.84. The average molecular weight is 277 g/mol. The van der Waals surface area contributed by atoms with Crippen LogP contribution in [0.4, 0.5) is 5.69 Å². The number of carbonyl (C=O) groups excluding carboxylic acids is 1. The van der Waals surface area contributed by atoms with E-state index < -0.39 is 0 Å². The molecule has 4 nitrogen and oxygen atoms in total. The van der Waals surface area contributed by atoms with Gasteiger partial charge in [-0.25, -0.2) is 0 Å². The first-order chi connectivity index (χ1) is 9.06. The number of hydrogen-bond donors (Lipinski definition) is 1. The first-order valence-corrected chi connectivity index (χ1v) is 6.15. The minimum atomic E-state index is -0.265. The summed E-state index contributed by atoms with van der Waals surface area (Å²) in [6.07, 6.45) is 1.58. The van der Waals surface area contributed by atoms with E-state index >= 15 is 0 Å². The number of nitrogens with one attached hydrogen (secondary N) is 1. The zero-order valence-electron chi connectivity index (χ0n) is 10.4. The maximum absolute atomic E-state index is 11.9. The lowest BCUT2D eigenvalue weighted by Gasteiger charge is -2.09. The molecule has 2 aromatic rings. The Hall–Kier alpha value is -2.07. The standard InChI is InChI=1S/C14H13ClN2O2/c1-10-5-6-11(15)8-12(10)16-13(18)9-17-7-3-2-4-14(17)19/h2-8H,9H2,1H3,(H,16,18). The average Bonchev–Trinajstić information content (AvgIpc) is 2.37. The van der Waals surface area contributed by atoms with Gasteiger partial charge in [-0.1, -0.05) is 23.7 Å². The molecule has 1 N–H and O–H groups in total. The van der Waals surface area contributed by atoms with E-state index in [0.29, 0.717) is 10.7 Å². The Morgan fingerprint density at radius 1 is 1.32 bits per heavy atom. The second-order valence-corrected chi connectivity index (χ2v) is 4.61. The number of amides is 1. The van der Waals surface area contributed by atoms with Gasteiger partial charge in [-0.05, 0) is 30.7 Å². The van der Waals surface area contributed by atoms with E-state index in [4.69, 9.17) is 11.6 Å². The van der Waals surface area contributed by atoms with E-state index in [9.17, 15) is 9.59 Å². The Balaban J connectivity index is 2.12. The van der Waals surface area contributed by atoms with Crippen LogP contribution in [-0.2, 0) is 11.3 Å². The van der Waals surface area contributed by atoms with Crippen molar-refractivity contribution < 1.29 is 4.79 Å². The van der Waals surface area contributed by atoms with Gasteiger partial charge in [0.1, 0.15) is 6.54 Å². The highest BCUT2D eigenvalue weighted by Crippen LogP contribution is 2.19. The minimum absolute atomic E-state index is 0.0222. The van der Waals surface area contributed by atoms with Crippen molar-refractivity contribution in [1.82, 2.24) is 4.57 Å². The number of aryl methyl sites for hydroxylation is 1. The van der Waals surface area contributed by atoms with Gasteiger partial charge in [-0.2, -0.15) is 0 Å². The third-order valence-electron chi connectivity index (χ3n) is 2.69. The van der Waals surface area contributed by atoms with Crippen LogP contribution in [0.25, 0.3) is 0 Å². The number of carbonyl (C=O) groups is 1. The van der Waals surface area contributed by atoms with Crippen molar-refractivity contribution in [2.24, 2.45) is 0 Å². The largest absolute Gasteiger partial charge is 0.324 e. The Morgan fingerprint density at radius 3 is 2.84 bits per heavy atom. The summed E-state index contributed by atoms with van der Waals surface area (Å²) < 4.78 is 1.34. The molecule has 0 aliphatic rings. The van der Waals surface area contributed by atoms with Crippen LogP contribution in [0, 0.1) is 6.92 Å². The molecule has 1 heterocycles. The van der Waals surface area contributed by atoms with Crippen LogP contribution in [0.3, 0.4) is 0 Å². The van der Waals surface area contributed by atoms with Gasteiger partial charge in [0.25, 0.3) is 5.56 Å². The zero-order chi connectivity index (χ0) is 13.8. The Bertz CT molecular complexity index is 664. The topological polar surface area (TPSA) is 51.1 Å². The molecule has 0 aliphatic heterocycles. The molecule has 98 valence electrons. The summed E-state index contributed by atoms with van der Waals surface area (Å²) in [5.74, 6) is -0.265. The van der Waals surface area contributed by atoms with Crippen LogP contribution in [0.15, 0.2) is 47.4 Å². The number of halogens is 1. The number of hydrogen-bond acceptors (Lipinski definition) is 2. The SMILES string of the molecule is Cc1ccc(Cl)cc1NC(=O)Cn1ccccc1=O. The quantitative estimate of drug-likeness (QED) is 0.936. The predicted molar refractivity (Wildman–Crippen MR) is 75.5 cm³/mol. The van der Waals surface area contributed by atoms with E-state index in [1.165, 1.54) is 10.6 Å². The zero-order valence-corrected chi connectivity index (χ0v) is 11.1. The molecular weight excluding hydrogens is 264 g/mol. The van der Waals surface area contributed by atoms with Gasteiger partial charge >= 0.3 is 0 Å². The molecule has 1 amide bonds. The lowest BCUT2D eigenvalue weighted by Crippen LogP contribution is -2.26. The highest BCUT2D eigenvalue weighted by atomic mass is 35.5. The van der Waals surface area contributed by atoms with Crippen LogP contribution in [0.2, 0.25) is 5.02 Å². The Morgan fingerprint density at radius 2 is 2.11 bits per heavy atom. The minimum Gasteiger partial charge on any atom is -0.324 e. The van der Waals surface area contributed by atoms with Crippen molar-refractivity contribution in [2.75, 3.05) is 5.32 Å². The molecule has 0 atom stereocenters. The summed E-state index contributed by atoms with van der Waals surface area (Å²) in [5.41, 5.74) is 1.36. The summed E-state index contributed by atoms with van der Waals surface area (Å²) in [6, 6.07) is 10.0. The van der Waals surface area contributed by atoms with Gasteiger partial charge in [0.15, 0.2) is 0 Å². The Kier molecular flexibility index (Phi) is 4.02. The second kappa shape index (κ2) is 5.71. The summed E-state index contributed by atoms with van der Waals surface area (Å²) in [7, 11) is 0. The lowest BCUT2D eigenvalue weighted by atomic mass is 10.2. The van der Waals surface area contributed by atoms with Crippen LogP contribution < -0.4 is 10.9 Å². The third-order valence-corrected chi connectivity index (χ3v) is 2.92. The van der Waals surface area contributed by atoms with Crippen LogP contribution >= 0.6 is 11.6 Å². The predicted octanol–water partition coefficient (Wildman–Crippen LogP) is 2.45. The number of pyridine rings is 1. The molecule has 0 unspecified atom stereocenters. The number of rotatable bonds is 3. The van der Waals surface area contributed by atoms with E-state index in [-0.39, 0.29) is 18.0 Å². The normalized spacial score (nSPS) is 10.2. The lowest BCUT2D eigenvalue weighted by molar-refractivity contribution is -0.116. The summed E-state index contributed by atoms with van der Waals surface area (Å²) in [5, 5.41) is 3.30. The van der Waals surface area contributed by atoms with E-state index in [1.54, 1.807) is 30.5 Å². The van der Waals surface area contributed by atoms with Crippen molar-refractivity contribution in [3.63, 3.8) is 0 Å². The smallest absolute Gasteiger partial charge is 0.250 e. The summed E-state index contributed by atoms with van der Waals surface area (Å²) in [6.45, 7) is 1.85. The van der Waals surface area contributed by atoms with E-state index in [0.717, 1.165) is 5.56 Å². The van der Waals surface area contributed by atoms with Gasteiger partial charge < -0.3 is 9.88 Å². The molecule has 0 aliphatic carbocycles. The molecule has 0 saturated heterocycles. The fraction of sp³-hybridized carbons (Fsp3) is 0.143. The van der Waals surface area contributed by atoms with Crippen molar-refractivity contribution in [1.29, 1.82) is 0 Å². The third kappa shape index (κ3) is 3.45. The van der Waals surface area contributed by atoms with Crippen molar-refractivity contribution >= 4 is 23.2 Å². The molecule has 0 bridgehead atoms. The van der Waals surface area contributed by atoms with Gasteiger partial charge in [0.05, 0.1) is 0 Å². The molecule has 1 aromatic heterocycles.